The number of nitro groups is 2. The number of rotatable bonds is 4. The van der Waals surface area contributed by atoms with Crippen molar-refractivity contribution < 1.29 is 9.85 Å². The number of aromatic nitrogens is 4. The van der Waals surface area contributed by atoms with Crippen LogP contribution in [0.3, 0.4) is 0 Å². The molecule has 4 rings (SSSR count). The number of benzene rings is 1. The first-order chi connectivity index (χ1) is 12.1. The summed E-state index contributed by atoms with van der Waals surface area (Å²) < 4.78 is 8.31. The fourth-order valence-corrected chi connectivity index (χ4v) is 4.37. The molecule has 25 heavy (non-hydrogen) atoms. The summed E-state index contributed by atoms with van der Waals surface area (Å²) in [6.45, 7) is 0. The van der Waals surface area contributed by atoms with Crippen LogP contribution in [-0.4, -0.2) is 28.6 Å². The first-order valence-electron chi connectivity index (χ1n) is 6.48. The Balaban J connectivity index is 2.26. The SMILES string of the molecule is O=[N+]([O-])c1c([N+](=O)[O-])c(-c2cncs2)c2nsnc2c1-c1cncs1. The second-order valence-electron chi connectivity index (χ2n) is 4.65. The average molecular weight is 392 g/mol. The Morgan fingerprint density at radius 1 is 0.800 bits per heavy atom. The summed E-state index contributed by atoms with van der Waals surface area (Å²) in [5.41, 5.74) is 2.38. The van der Waals surface area contributed by atoms with E-state index in [1.807, 2.05) is 0 Å². The molecule has 0 bridgehead atoms. The second-order valence-corrected chi connectivity index (χ2v) is 6.96. The van der Waals surface area contributed by atoms with Crippen LogP contribution in [-0.2, 0) is 0 Å². The summed E-state index contributed by atoms with van der Waals surface area (Å²) in [7, 11) is 0. The molecule has 0 unspecified atom stereocenters. The normalized spacial score (nSPS) is 11.0. The van der Waals surface area contributed by atoms with E-state index in [1.54, 1.807) is 0 Å². The van der Waals surface area contributed by atoms with Gasteiger partial charge < -0.3 is 0 Å². The Kier molecular flexibility index (Phi) is 3.67. The van der Waals surface area contributed by atoms with Crippen LogP contribution in [0.5, 0.6) is 0 Å². The quantitative estimate of drug-likeness (QED) is 0.378. The maximum atomic E-state index is 11.8. The molecule has 0 atom stereocenters. The number of nitrogens with zero attached hydrogens (tertiary/aromatic N) is 6. The summed E-state index contributed by atoms with van der Waals surface area (Å²) in [6, 6.07) is 0. The molecule has 0 N–H and O–H groups in total. The van der Waals surface area contributed by atoms with E-state index in [9.17, 15) is 20.2 Å². The monoisotopic (exact) mass is 392 g/mol. The lowest BCUT2D eigenvalue weighted by atomic mass is 10.0. The molecule has 13 heteroatoms. The van der Waals surface area contributed by atoms with Gasteiger partial charge in [0, 0.05) is 12.4 Å². The zero-order valence-electron chi connectivity index (χ0n) is 11.9. The van der Waals surface area contributed by atoms with Gasteiger partial charge in [-0.15, -0.1) is 22.7 Å². The first kappa shape index (κ1) is 15.6. The maximum Gasteiger partial charge on any atom is 0.357 e. The van der Waals surface area contributed by atoms with Gasteiger partial charge in [0.2, 0.25) is 0 Å². The lowest BCUT2D eigenvalue weighted by molar-refractivity contribution is -0.421. The molecular weight excluding hydrogens is 388 g/mol. The van der Waals surface area contributed by atoms with E-state index >= 15 is 0 Å². The lowest BCUT2D eigenvalue weighted by Crippen LogP contribution is -2.02. The van der Waals surface area contributed by atoms with Gasteiger partial charge >= 0.3 is 11.4 Å². The Hall–Kier alpha value is -2.90. The third kappa shape index (κ3) is 2.36. The van der Waals surface area contributed by atoms with E-state index in [1.165, 1.54) is 23.4 Å². The second kappa shape index (κ2) is 5.87. The molecule has 4 aromatic rings. The van der Waals surface area contributed by atoms with Crippen LogP contribution in [0, 0.1) is 20.2 Å². The van der Waals surface area contributed by atoms with E-state index < -0.39 is 21.2 Å². The summed E-state index contributed by atoms with van der Waals surface area (Å²) in [5.74, 6) is 0. The fraction of sp³-hybridized carbons (Fsp3) is 0. The minimum atomic E-state index is -0.753. The van der Waals surface area contributed by atoms with Crippen molar-refractivity contribution in [1.29, 1.82) is 0 Å². The van der Waals surface area contributed by atoms with Crippen molar-refractivity contribution in [2.24, 2.45) is 0 Å². The molecule has 0 spiro atoms. The molecule has 124 valence electrons. The summed E-state index contributed by atoms with van der Waals surface area (Å²) in [6.07, 6.45) is 2.84. The molecule has 1 aromatic carbocycles. The van der Waals surface area contributed by atoms with Crippen LogP contribution in [0.15, 0.2) is 23.4 Å². The molecule has 3 heterocycles. The summed E-state index contributed by atoms with van der Waals surface area (Å²) >= 11 is 3.12. The molecule has 10 nitrogen and oxygen atoms in total. The van der Waals surface area contributed by atoms with Crippen LogP contribution in [0.25, 0.3) is 31.9 Å². The topological polar surface area (TPSA) is 138 Å². The molecule has 0 fully saturated rings. The molecule has 0 radical (unpaired) electrons. The van der Waals surface area contributed by atoms with Gasteiger partial charge in [-0.05, 0) is 0 Å². The fourth-order valence-electron chi connectivity index (χ4n) is 2.48. The van der Waals surface area contributed by atoms with Crippen molar-refractivity contribution in [3.8, 4) is 20.9 Å². The Bertz CT molecular complexity index is 1020. The van der Waals surface area contributed by atoms with Crippen molar-refractivity contribution in [3.05, 3.63) is 43.6 Å². The molecule has 0 saturated carbocycles. The highest BCUT2D eigenvalue weighted by atomic mass is 32.1. The number of fused-ring (bicyclic) bond motifs is 1. The van der Waals surface area contributed by atoms with E-state index in [4.69, 9.17) is 0 Å². The Morgan fingerprint density at radius 2 is 1.24 bits per heavy atom. The average Bonchev–Trinajstić information content (AvgIpc) is 3.32. The smallest absolute Gasteiger partial charge is 0.258 e. The molecule has 0 aliphatic carbocycles. The lowest BCUT2D eigenvalue weighted by Gasteiger charge is -2.06. The van der Waals surface area contributed by atoms with Gasteiger partial charge in [0.25, 0.3) is 0 Å². The zero-order chi connectivity index (χ0) is 17.6. The minimum Gasteiger partial charge on any atom is -0.258 e. The summed E-state index contributed by atoms with van der Waals surface area (Å²) in [4.78, 5) is 30.7. The third-order valence-electron chi connectivity index (χ3n) is 3.38. The molecule has 0 amide bonds. The van der Waals surface area contributed by atoms with Crippen molar-refractivity contribution in [1.82, 2.24) is 18.7 Å². The van der Waals surface area contributed by atoms with Crippen molar-refractivity contribution in [3.63, 3.8) is 0 Å². The minimum absolute atomic E-state index is 0.0659. The number of thiazole rings is 2. The standard InChI is InChI=1S/C12H4N6O4S3/c19-17(20)11-7(5-1-13-3-23-5)9-10(16-25-15-9)8(12(11)18(21)22)6-2-14-4-24-6/h1-4H. The first-order valence-corrected chi connectivity index (χ1v) is 8.97. The predicted octanol–water partition coefficient (Wildman–Crippen LogP) is 3.75. The third-order valence-corrected chi connectivity index (χ3v) is 5.49. The van der Waals surface area contributed by atoms with Crippen molar-refractivity contribution in [2.75, 3.05) is 0 Å². The molecule has 3 aromatic heterocycles. The Labute approximate surface area is 150 Å². The van der Waals surface area contributed by atoms with E-state index in [2.05, 4.69) is 18.7 Å². The van der Waals surface area contributed by atoms with E-state index in [0.717, 1.165) is 34.4 Å². The van der Waals surface area contributed by atoms with E-state index in [-0.39, 0.29) is 22.2 Å². The Morgan fingerprint density at radius 3 is 1.56 bits per heavy atom. The van der Waals surface area contributed by atoms with Gasteiger partial charge in [0.05, 0.1) is 42.4 Å². The summed E-state index contributed by atoms with van der Waals surface area (Å²) in [5, 5.41) is 23.5. The number of nitro benzene ring substituents is 2. The molecular formula is C12H4N6O4S3. The highest BCUT2D eigenvalue weighted by Gasteiger charge is 2.39. The largest absolute Gasteiger partial charge is 0.357 e. The van der Waals surface area contributed by atoms with Gasteiger partial charge in [-0.2, -0.15) is 8.75 Å². The molecule has 0 aliphatic rings. The maximum absolute atomic E-state index is 11.8. The van der Waals surface area contributed by atoms with Crippen molar-refractivity contribution in [2.45, 2.75) is 0 Å². The van der Waals surface area contributed by atoms with Crippen LogP contribution in [0.2, 0.25) is 0 Å². The van der Waals surface area contributed by atoms with Crippen molar-refractivity contribution >= 4 is 56.8 Å². The van der Waals surface area contributed by atoms with Gasteiger partial charge in [0.15, 0.2) is 0 Å². The van der Waals surface area contributed by atoms with Crippen LogP contribution >= 0.6 is 34.4 Å². The zero-order valence-corrected chi connectivity index (χ0v) is 14.3. The molecule has 0 aliphatic heterocycles. The number of hydrogen-bond donors (Lipinski definition) is 0. The van der Waals surface area contributed by atoms with Crippen LogP contribution < -0.4 is 0 Å². The molecule has 0 saturated heterocycles. The van der Waals surface area contributed by atoms with Crippen LogP contribution in [0.4, 0.5) is 11.4 Å². The van der Waals surface area contributed by atoms with E-state index in [0.29, 0.717) is 9.75 Å². The van der Waals surface area contributed by atoms with Gasteiger partial charge in [-0.1, -0.05) is 0 Å². The number of hydrogen-bond acceptors (Lipinski definition) is 11. The predicted molar refractivity (Wildman–Crippen MR) is 92.9 cm³/mol. The van der Waals surface area contributed by atoms with Gasteiger partial charge in [-0.25, -0.2) is 0 Å². The highest BCUT2D eigenvalue weighted by Crippen LogP contribution is 2.50. The van der Waals surface area contributed by atoms with Crippen LogP contribution in [0.1, 0.15) is 0 Å². The highest BCUT2D eigenvalue weighted by molar-refractivity contribution is 7.14. The van der Waals surface area contributed by atoms with Gasteiger partial charge in [-0.3, -0.25) is 30.2 Å². The van der Waals surface area contributed by atoms with Gasteiger partial charge in [0.1, 0.15) is 22.2 Å².